The van der Waals surface area contributed by atoms with Crippen LogP contribution in [0.2, 0.25) is 0 Å². The van der Waals surface area contributed by atoms with Crippen molar-refractivity contribution in [1.82, 2.24) is 0 Å². The third kappa shape index (κ3) is 9.33. The fourth-order valence-corrected chi connectivity index (χ4v) is 3.07. The Hall–Kier alpha value is -0.200. The molecule has 1 fully saturated rings. The maximum atomic E-state index is 9.74. The van der Waals surface area contributed by atoms with Crippen molar-refractivity contribution >= 4 is 0 Å². The first-order valence-corrected chi connectivity index (χ1v) is 9.94. The molecule has 3 N–H and O–H groups in total. The molecule has 5 nitrogen and oxygen atoms in total. The molecule has 0 aromatic rings. The standard InChI is InChI=1S/C19H38O5/c1-2-3-4-5-6-7-8-9-10-11-12-13-14-23-19-18(22)17(21)16(20)15-24-19/h16-22H,2-15H2,1H3/t16-,17+,18-,19?/m1/s1. The van der Waals surface area contributed by atoms with Crippen molar-refractivity contribution in [3.8, 4) is 0 Å². The highest BCUT2D eigenvalue weighted by Gasteiger charge is 2.37. The molecule has 144 valence electrons. The first-order valence-electron chi connectivity index (χ1n) is 9.94. The lowest BCUT2D eigenvalue weighted by molar-refractivity contribution is -0.270. The van der Waals surface area contributed by atoms with Crippen LogP contribution in [0.5, 0.6) is 0 Å². The van der Waals surface area contributed by atoms with Gasteiger partial charge in [-0.3, -0.25) is 0 Å². The molecule has 5 heteroatoms. The Morgan fingerprint density at radius 1 is 0.750 bits per heavy atom. The van der Waals surface area contributed by atoms with Crippen molar-refractivity contribution in [3.05, 3.63) is 0 Å². The zero-order chi connectivity index (χ0) is 17.6. The van der Waals surface area contributed by atoms with E-state index in [1.807, 2.05) is 0 Å². The van der Waals surface area contributed by atoms with Crippen LogP contribution in [0.25, 0.3) is 0 Å². The van der Waals surface area contributed by atoms with Crippen LogP contribution in [0, 0.1) is 0 Å². The summed E-state index contributed by atoms with van der Waals surface area (Å²) < 4.78 is 10.7. The van der Waals surface area contributed by atoms with Gasteiger partial charge in [-0.15, -0.1) is 0 Å². The summed E-state index contributed by atoms with van der Waals surface area (Å²) in [4.78, 5) is 0. The Bertz CT molecular complexity index is 287. The number of aliphatic hydroxyl groups excluding tert-OH is 3. The van der Waals surface area contributed by atoms with E-state index in [0.29, 0.717) is 6.61 Å². The molecule has 1 unspecified atom stereocenters. The maximum absolute atomic E-state index is 9.74. The van der Waals surface area contributed by atoms with E-state index in [2.05, 4.69) is 6.92 Å². The molecular formula is C19H38O5. The van der Waals surface area contributed by atoms with Crippen molar-refractivity contribution in [1.29, 1.82) is 0 Å². The Labute approximate surface area is 147 Å². The van der Waals surface area contributed by atoms with Crippen molar-refractivity contribution < 1.29 is 24.8 Å². The minimum absolute atomic E-state index is 0.00133. The molecule has 1 saturated heterocycles. The van der Waals surface area contributed by atoms with Crippen LogP contribution >= 0.6 is 0 Å². The van der Waals surface area contributed by atoms with Gasteiger partial charge in [0, 0.05) is 6.61 Å². The van der Waals surface area contributed by atoms with E-state index in [1.54, 1.807) is 0 Å². The summed E-state index contributed by atoms with van der Waals surface area (Å²) in [6.45, 7) is 2.77. The minimum Gasteiger partial charge on any atom is -0.388 e. The summed E-state index contributed by atoms with van der Waals surface area (Å²) in [5.41, 5.74) is 0. The second kappa shape index (κ2) is 14.0. The fraction of sp³-hybridized carbons (Fsp3) is 1.00. The Kier molecular flexibility index (Phi) is 12.8. The van der Waals surface area contributed by atoms with E-state index in [4.69, 9.17) is 9.47 Å². The average molecular weight is 347 g/mol. The van der Waals surface area contributed by atoms with Gasteiger partial charge in [0.05, 0.1) is 6.61 Å². The number of rotatable bonds is 14. The predicted octanol–water partition coefficient (Wildman–Crippen LogP) is 3.14. The van der Waals surface area contributed by atoms with Gasteiger partial charge in [0.15, 0.2) is 6.29 Å². The second-order valence-electron chi connectivity index (χ2n) is 7.01. The van der Waals surface area contributed by atoms with Crippen molar-refractivity contribution in [3.63, 3.8) is 0 Å². The number of unbranched alkanes of at least 4 members (excludes halogenated alkanes) is 11. The highest BCUT2D eigenvalue weighted by Crippen LogP contribution is 2.17. The molecule has 1 aliphatic heterocycles. The monoisotopic (exact) mass is 346 g/mol. The number of ether oxygens (including phenoxy) is 2. The lowest BCUT2D eigenvalue weighted by Crippen LogP contribution is -2.53. The minimum atomic E-state index is -1.19. The van der Waals surface area contributed by atoms with Crippen molar-refractivity contribution in [2.24, 2.45) is 0 Å². The van der Waals surface area contributed by atoms with Crippen LogP contribution in [0.3, 0.4) is 0 Å². The molecule has 1 rings (SSSR count). The summed E-state index contributed by atoms with van der Waals surface area (Å²) >= 11 is 0. The quantitative estimate of drug-likeness (QED) is 0.421. The highest BCUT2D eigenvalue weighted by atomic mass is 16.7. The van der Waals surface area contributed by atoms with Crippen LogP contribution in [-0.2, 0) is 9.47 Å². The molecule has 0 aliphatic carbocycles. The predicted molar refractivity (Wildman–Crippen MR) is 94.8 cm³/mol. The van der Waals surface area contributed by atoms with Crippen LogP contribution in [0.1, 0.15) is 84.0 Å². The first kappa shape index (κ1) is 21.8. The van der Waals surface area contributed by atoms with Crippen LogP contribution in [-0.4, -0.2) is 53.1 Å². The average Bonchev–Trinajstić information content (AvgIpc) is 2.58. The molecule has 0 saturated carbocycles. The van der Waals surface area contributed by atoms with Gasteiger partial charge in [0.2, 0.25) is 0 Å². The first-order chi connectivity index (χ1) is 11.7. The molecule has 0 aromatic heterocycles. The third-order valence-corrected chi connectivity index (χ3v) is 4.73. The molecule has 0 radical (unpaired) electrons. The van der Waals surface area contributed by atoms with Gasteiger partial charge in [0.25, 0.3) is 0 Å². The number of hydrogen-bond donors (Lipinski definition) is 3. The Morgan fingerprint density at radius 3 is 1.79 bits per heavy atom. The Morgan fingerprint density at radius 2 is 1.25 bits per heavy atom. The van der Waals surface area contributed by atoms with E-state index < -0.39 is 24.6 Å². The molecule has 1 aliphatic rings. The zero-order valence-electron chi connectivity index (χ0n) is 15.4. The van der Waals surface area contributed by atoms with Crippen LogP contribution in [0.15, 0.2) is 0 Å². The van der Waals surface area contributed by atoms with Gasteiger partial charge in [-0.1, -0.05) is 77.6 Å². The molecule has 0 amide bonds. The largest absolute Gasteiger partial charge is 0.388 e. The molecule has 0 spiro atoms. The fourth-order valence-electron chi connectivity index (χ4n) is 3.07. The number of hydrogen-bond acceptors (Lipinski definition) is 5. The van der Waals surface area contributed by atoms with E-state index in [-0.39, 0.29) is 6.61 Å². The molecule has 4 atom stereocenters. The molecule has 1 heterocycles. The van der Waals surface area contributed by atoms with E-state index in [9.17, 15) is 15.3 Å². The summed E-state index contributed by atoms with van der Waals surface area (Å²) in [7, 11) is 0. The molecule has 24 heavy (non-hydrogen) atoms. The highest BCUT2D eigenvalue weighted by molar-refractivity contribution is 4.82. The second-order valence-corrected chi connectivity index (χ2v) is 7.01. The summed E-state index contributed by atoms with van der Waals surface area (Å²) in [5, 5.41) is 28.7. The number of aliphatic hydroxyl groups is 3. The van der Waals surface area contributed by atoms with Gasteiger partial charge in [-0.2, -0.15) is 0 Å². The maximum Gasteiger partial charge on any atom is 0.186 e. The van der Waals surface area contributed by atoms with Crippen LogP contribution < -0.4 is 0 Å². The smallest absolute Gasteiger partial charge is 0.186 e. The molecular weight excluding hydrogens is 308 g/mol. The van der Waals surface area contributed by atoms with E-state index in [0.717, 1.165) is 12.8 Å². The van der Waals surface area contributed by atoms with Crippen LogP contribution in [0.4, 0.5) is 0 Å². The molecule has 0 bridgehead atoms. The normalized spacial score (nSPS) is 27.5. The zero-order valence-corrected chi connectivity index (χ0v) is 15.4. The topological polar surface area (TPSA) is 79.2 Å². The lowest BCUT2D eigenvalue weighted by atomic mass is 10.1. The van der Waals surface area contributed by atoms with Gasteiger partial charge in [-0.25, -0.2) is 0 Å². The van der Waals surface area contributed by atoms with Gasteiger partial charge >= 0.3 is 0 Å². The summed E-state index contributed by atoms with van der Waals surface area (Å²) in [6.07, 6.45) is 11.2. The molecule has 0 aromatic carbocycles. The van der Waals surface area contributed by atoms with Crippen molar-refractivity contribution in [2.75, 3.05) is 13.2 Å². The van der Waals surface area contributed by atoms with E-state index >= 15 is 0 Å². The van der Waals surface area contributed by atoms with Crippen molar-refractivity contribution in [2.45, 2.75) is 109 Å². The van der Waals surface area contributed by atoms with Gasteiger partial charge in [0.1, 0.15) is 18.3 Å². The lowest BCUT2D eigenvalue weighted by Gasteiger charge is -2.34. The SMILES string of the molecule is CCCCCCCCCCCCCCOC1OC[C@@H](O)[C@H](O)[C@H]1O. The van der Waals surface area contributed by atoms with E-state index in [1.165, 1.54) is 64.2 Å². The van der Waals surface area contributed by atoms with Gasteiger partial charge in [-0.05, 0) is 6.42 Å². The Balaban J connectivity index is 1.84. The summed E-state index contributed by atoms with van der Waals surface area (Å²) in [6, 6.07) is 0. The van der Waals surface area contributed by atoms with Gasteiger partial charge < -0.3 is 24.8 Å². The third-order valence-electron chi connectivity index (χ3n) is 4.73. The summed E-state index contributed by atoms with van der Waals surface area (Å²) in [5.74, 6) is 0.